The van der Waals surface area contributed by atoms with Crippen molar-refractivity contribution >= 4 is 40.9 Å². The predicted molar refractivity (Wildman–Crippen MR) is 140 cm³/mol. The molecule has 1 saturated carbocycles. The summed E-state index contributed by atoms with van der Waals surface area (Å²) in [6, 6.07) is 22.7. The third-order valence-electron chi connectivity index (χ3n) is 7.32. The van der Waals surface area contributed by atoms with Crippen LogP contribution < -0.4 is 4.90 Å². The van der Waals surface area contributed by atoms with Crippen molar-refractivity contribution in [3.05, 3.63) is 101 Å². The van der Waals surface area contributed by atoms with Gasteiger partial charge in [0.2, 0.25) is 17.6 Å². The number of imide groups is 1. The minimum absolute atomic E-state index is 0.183. The van der Waals surface area contributed by atoms with E-state index in [9.17, 15) is 19.2 Å². The van der Waals surface area contributed by atoms with Crippen LogP contribution in [0, 0.1) is 11.8 Å². The van der Waals surface area contributed by atoms with Gasteiger partial charge in [-0.15, -0.1) is 0 Å². The van der Waals surface area contributed by atoms with Gasteiger partial charge in [0.25, 0.3) is 0 Å². The molecule has 1 saturated heterocycles. The van der Waals surface area contributed by atoms with Crippen LogP contribution in [-0.2, 0) is 14.3 Å². The molecule has 4 atom stereocenters. The minimum Gasteiger partial charge on any atom is -0.451 e. The lowest BCUT2D eigenvalue weighted by molar-refractivity contribution is -0.122. The number of fused-ring (bicyclic) bond motifs is 1. The zero-order valence-electron chi connectivity index (χ0n) is 20.3. The van der Waals surface area contributed by atoms with Crippen LogP contribution in [-0.4, -0.2) is 29.7 Å². The SMILES string of the molecule is CC(OC(=O)c1ccc(N2C(=O)C3CCC(c4ccccc4)CC3C2=O)cc1)C(=O)c1cccc(Cl)c1. The van der Waals surface area contributed by atoms with Crippen molar-refractivity contribution in [2.24, 2.45) is 11.8 Å². The molecule has 3 aromatic carbocycles. The number of halogens is 1. The number of hydrogen-bond donors (Lipinski definition) is 0. The second-order valence-corrected chi connectivity index (χ2v) is 10.1. The first-order valence-electron chi connectivity index (χ1n) is 12.4. The highest BCUT2D eigenvalue weighted by atomic mass is 35.5. The van der Waals surface area contributed by atoms with Gasteiger partial charge in [-0.2, -0.15) is 0 Å². The molecule has 1 aliphatic heterocycles. The Morgan fingerprint density at radius 3 is 2.27 bits per heavy atom. The normalized spacial score (nSPS) is 21.9. The predicted octanol–water partition coefficient (Wildman–Crippen LogP) is 5.84. The van der Waals surface area contributed by atoms with Crippen LogP contribution in [0.4, 0.5) is 5.69 Å². The van der Waals surface area contributed by atoms with E-state index in [1.807, 2.05) is 18.2 Å². The van der Waals surface area contributed by atoms with Crippen molar-refractivity contribution in [1.29, 1.82) is 0 Å². The Morgan fingerprint density at radius 2 is 1.57 bits per heavy atom. The largest absolute Gasteiger partial charge is 0.451 e. The fourth-order valence-corrected chi connectivity index (χ4v) is 5.56. The number of esters is 1. The van der Waals surface area contributed by atoms with Gasteiger partial charge >= 0.3 is 5.97 Å². The molecule has 6 nitrogen and oxygen atoms in total. The van der Waals surface area contributed by atoms with Gasteiger partial charge in [0.05, 0.1) is 23.1 Å². The summed E-state index contributed by atoms with van der Waals surface area (Å²) in [6.45, 7) is 1.50. The van der Waals surface area contributed by atoms with Crippen molar-refractivity contribution in [2.45, 2.75) is 38.2 Å². The molecule has 37 heavy (non-hydrogen) atoms. The first-order valence-corrected chi connectivity index (χ1v) is 12.7. The highest BCUT2D eigenvalue weighted by molar-refractivity contribution is 6.31. The van der Waals surface area contributed by atoms with Crippen molar-refractivity contribution < 1.29 is 23.9 Å². The number of carbonyl (C=O) groups excluding carboxylic acids is 4. The Bertz CT molecular complexity index is 1350. The van der Waals surface area contributed by atoms with Crippen molar-refractivity contribution in [2.75, 3.05) is 4.90 Å². The maximum atomic E-state index is 13.3. The van der Waals surface area contributed by atoms with Gasteiger partial charge in [0.1, 0.15) is 0 Å². The first-order chi connectivity index (χ1) is 17.8. The molecule has 1 aliphatic carbocycles. The molecule has 188 valence electrons. The van der Waals surface area contributed by atoms with Crippen LogP contribution in [0.3, 0.4) is 0 Å². The van der Waals surface area contributed by atoms with Gasteiger partial charge in [-0.3, -0.25) is 19.3 Å². The third kappa shape index (κ3) is 4.94. The third-order valence-corrected chi connectivity index (χ3v) is 7.55. The monoisotopic (exact) mass is 515 g/mol. The van der Waals surface area contributed by atoms with E-state index in [0.29, 0.717) is 29.1 Å². The molecule has 0 spiro atoms. The van der Waals surface area contributed by atoms with Gasteiger partial charge in [-0.1, -0.05) is 54.1 Å². The summed E-state index contributed by atoms with van der Waals surface area (Å²) in [5, 5.41) is 0.418. The molecule has 2 aliphatic rings. The fraction of sp³-hybridized carbons (Fsp3) is 0.267. The van der Waals surface area contributed by atoms with E-state index >= 15 is 0 Å². The van der Waals surface area contributed by atoms with Crippen LogP contribution in [0.15, 0.2) is 78.9 Å². The van der Waals surface area contributed by atoms with E-state index in [2.05, 4.69) is 12.1 Å². The molecule has 3 aromatic rings. The Hall–Kier alpha value is -3.77. The number of amides is 2. The van der Waals surface area contributed by atoms with Gasteiger partial charge in [-0.25, -0.2) is 4.79 Å². The number of ether oxygens (including phenoxy) is 1. The number of nitrogens with zero attached hydrogens (tertiary/aromatic N) is 1. The first kappa shape index (κ1) is 24.9. The Morgan fingerprint density at radius 1 is 0.865 bits per heavy atom. The van der Waals surface area contributed by atoms with Gasteiger partial charge in [0.15, 0.2) is 6.10 Å². The van der Waals surface area contributed by atoms with Gasteiger partial charge in [0, 0.05) is 10.6 Å². The van der Waals surface area contributed by atoms with Gasteiger partial charge < -0.3 is 4.74 Å². The van der Waals surface area contributed by atoms with E-state index in [4.69, 9.17) is 16.3 Å². The number of ketones is 1. The number of carbonyl (C=O) groups is 4. The molecule has 2 amide bonds. The zero-order chi connectivity index (χ0) is 26.1. The second kappa shape index (κ2) is 10.3. The summed E-state index contributed by atoms with van der Waals surface area (Å²) in [7, 11) is 0. The van der Waals surface area contributed by atoms with Crippen LogP contribution in [0.5, 0.6) is 0 Å². The summed E-state index contributed by atoms with van der Waals surface area (Å²) in [5.74, 6) is -1.80. The summed E-state index contributed by atoms with van der Waals surface area (Å²) >= 11 is 5.95. The van der Waals surface area contributed by atoms with Crippen LogP contribution in [0.2, 0.25) is 5.02 Å². The zero-order valence-corrected chi connectivity index (χ0v) is 21.1. The highest BCUT2D eigenvalue weighted by Crippen LogP contribution is 2.45. The molecule has 4 unspecified atom stereocenters. The molecule has 0 N–H and O–H groups in total. The topological polar surface area (TPSA) is 80.8 Å². The molecular formula is C30H26ClNO5. The number of anilines is 1. The summed E-state index contributed by atoms with van der Waals surface area (Å²) in [4.78, 5) is 52.9. The van der Waals surface area contributed by atoms with E-state index in [0.717, 1.165) is 6.42 Å². The number of hydrogen-bond acceptors (Lipinski definition) is 5. The summed E-state index contributed by atoms with van der Waals surface area (Å²) < 4.78 is 5.35. The number of Topliss-reactive ketones (excluding diaryl/α,β-unsaturated/α-hetero) is 1. The maximum absolute atomic E-state index is 13.3. The fourth-order valence-electron chi connectivity index (χ4n) is 5.37. The lowest BCUT2D eigenvalue weighted by Crippen LogP contribution is -2.31. The highest BCUT2D eigenvalue weighted by Gasteiger charge is 2.50. The van der Waals surface area contributed by atoms with Crippen molar-refractivity contribution in [1.82, 2.24) is 0 Å². The smallest absolute Gasteiger partial charge is 0.338 e. The van der Waals surface area contributed by atoms with E-state index in [1.54, 1.807) is 30.3 Å². The average molecular weight is 516 g/mol. The lowest BCUT2D eigenvalue weighted by Gasteiger charge is -2.28. The number of rotatable bonds is 6. The summed E-state index contributed by atoms with van der Waals surface area (Å²) in [6.07, 6.45) is 1.19. The van der Waals surface area contributed by atoms with E-state index in [1.165, 1.54) is 35.6 Å². The van der Waals surface area contributed by atoms with E-state index < -0.39 is 12.1 Å². The van der Waals surface area contributed by atoms with E-state index in [-0.39, 0.29) is 40.9 Å². The Balaban J connectivity index is 1.26. The summed E-state index contributed by atoms with van der Waals surface area (Å²) in [5.41, 5.74) is 2.20. The standard InChI is InChI=1S/C30H26ClNO5/c1-18(27(33)22-8-5-9-23(31)16-22)37-30(36)20-10-13-24(14-11-20)32-28(34)25-15-12-21(17-26(25)29(32)35)19-6-3-2-4-7-19/h2-11,13-14,16,18,21,25-26H,12,15,17H2,1H3. The Labute approximate surface area is 220 Å². The van der Waals surface area contributed by atoms with Gasteiger partial charge in [-0.05, 0) is 74.1 Å². The average Bonchev–Trinajstić information content (AvgIpc) is 3.17. The molecule has 0 radical (unpaired) electrons. The molecule has 5 rings (SSSR count). The molecule has 1 heterocycles. The van der Waals surface area contributed by atoms with Crippen molar-refractivity contribution in [3.8, 4) is 0 Å². The quantitative estimate of drug-likeness (QED) is 0.234. The van der Waals surface area contributed by atoms with Crippen LogP contribution in [0.25, 0.3) is 0 Å². The van der Waals surface area contributed by atoms with Crippen LogP contribution in [0.1, 0.15) is 58.4 Å². The Kier molecular flexibility index (Phi) is 6.94. The lowest BCUT2D eigenvalue weighted by atomic mass is 9.73. The second-order valence-electron chi connectivity index (χ2n) is 9.61. The molecular weight excluding hydrogens is 490 g/mol. The maximum Gasteiger partial charge on any atom is 0.338 e. The molecule has 7 heteroatoms. The van der Waals surface area contributed by atoms with Crippen molar-refractivity contribution in [3.63, 3.8) is 0 Å². The van der Waals surface area contributed by atoms with Crippen LogP contribution >= 0.6 is 11.6 Å². The molecule has 0 bridgehead atoms. The molecule has 2 fully saturated rings. The molecule has 0 aromatic heterocycles. The number of benzene rings is 3. The minimum atomic E-state index is -1.01.